The standard InChI is InChI=1S/C12H17FN2O/c1-4-8-15(9(2)3)12(16)10-6-5-7-14-11(10)13/h5-7,9H,4,8H2,1-3H3. The predicted molar refractivity (Wildman–Crippen MR) is 60.7 cm³/mol. The monoisotopic (exact) mass is 224 g/mol. The van der Waals surface area contributed by atoms with E-state index in [4.69, 9.17) is 0 Å². The van der Waals surface area contributed by atoms with E-state index in [0.29, 0.717) is 6.54 Å². The highest BCUT2D eigenvalue weighted by Gasteiger charge is 2.20. The highest BCUT2D eigenvalue weighted by atomic mass is 19.1. The van der Waals surface area contributed by atoms with Crippen LogP contribution in [0.4, 0.5) is 4.39 Å². The molecule has 0 spiro atoms. The van der Waals surface area contributed by atoms with E-state index in [1.807, 2.05) is 20.8 Å². The first-order valence-electron chi connectivity index (χ1n) is 5.49. The highest BCUT2D eigenvalue weighted by molar-refractivity contribution is 5.94. The van der Waals surface area contributed by atoms with Crippen LogP contribution in [0, 0.1) is 5.95 Å². The lowest BCUT2D eigenvalue weighted by atomic mass is 10.2. The Hall–Kier alpha value is -1.45. The van der Waals surface area contributed by atoms with Gasteiger partial charge in [-0.1, -0.05) is 6.92 Å². The van der Waals surface area contributed by atoms with E-state index >= 15 is 0 Å². The zero-order valence-electron chi connectivity index (χ0n) is 9.90. The van der Waals surface area contributed by atoms with E-state index in [1.54, 1.807) is 11.0 Å². The predicted octanol–water partition coefficient (Wildman–Crippen LogP) is 2.48. The second kappa shape index (κ2) is 5.58. The quantitative estimate of drug-likeness (QED) is 0.736. The highest BCUT2D eigenvalue weighted by Crippen LogP contribution is 2.11. The Morgan fingerprint density at radius 3 is 2.75 bits per heavy atom. The number of aromatic nitrogens is 1. The molecule has 3 nitrogen and oxygen atoms in total. The molecular weight excluding hydrogens is 207 g/mol. The van der Waals surface area contributed by atoms with Crippen LogP contribution in [-0.2, 0) is 0 Å². The second-order valence-electron chi connectivity index (χ2n) is 3.93. The minimum Gasteiger partial charge on any atom is -0.336 e. The van der Waals surface area contributed by atoms with Crippen LogP contribution in [0.15, 0.2) is 18.3 Å². The van der Waals surface area contributed by atoms with Crippen molar-refractivity contribution in [3.05, 3.63) is 29.8 Å². The summed E-state index contributed by atoms with van der Waals surface area (Å²) in [5.41, 5.74) is 0.0460. The normalized spacial score (nSPS) is 10.6. The molecule has 0 aliphatic carbocycles. The number of pyridine rings is 1. The second-order valence-corrected chi connectivity index (χ2v) is 3.93. The Morgan fingerprint density at radius 1 is 1.56 bits per heavy atom. The molecule has 1 amide bonds. The number of hydrogen-bond acceptors (Lipinski definition) is 2. The smallest absolute Gasteiger partial charge is 0.258 e. The summed E-state index contributed by atoms with van der Waals surface area (Å²) in [5.74, 6) is -0.989. The van der Waals surface area contributed by atoms with Crippen LogP contribution in [0.1, 0.15) is 37.6 Å². The summed E-state index contributed by atoms with van der Waals surface area (Å²) in [4.78, 5) is 17.2. The van der Waals surface area contributed by atoms with Crippen molar-refractivity contribution in [1.29, 1.82) is 0 Å². The molecule has 0 radical (unpaired) electrons. The van der Waals surface area contributed by atoms with Crippen molar-refractivity contribution >= 4 is 5.91 Å². The van der Waals surface area contributed by atoms with Crippen LogP contribution in [0.3, 0.4) is 0 Å². The Bertz CT molecular complexity index is 366. The first-order valence-corrected chi connectivity index (χ1v) is 5.49. The lowest BCUT2D eigenvalue weighted by Gasteiger charge is -2.26. The molecule has 1 aromatic heterocycles. The van der Waals surface area contributed by atoms with Crippen LogP contribution >= 0.6 is 0 Å². The third-order valence-corrected chi connectivity index (χ3v) is 2.34. The van der Waals surface area contributed by atoms with Gasteiger partial charge >= 0.3 is 0 Å². The first-order chi connectivity index (χ1) is 7.57. The molecule has 0 saturated carbocycles. The summed E-state index contributed by atoms with van der Waals surface area (Å²) in [5, 5.41) is 0. The van der Waals surface area contributed by atoms with Gasteiger partial charge < -0.3 is 4.90 Å². The molecule has 0 N–H and O–H groups in total. The van der Waals surface area contributed by atoms with Gasteiger partial charge in [0.15, 0.2) is 0 Å². The van der Waals surface area contributed by atoms with Crippen molar-refractivity contribution in [1.82, 2.24) is 9.88 Å². The Balaban J connectivity index is 2.95. The zero-order valence-corrected chi connectivity index (χ0v) is 9.90. The largest absolute Gasteiger partial charge is 0.336 e. The summed E-state index contributed by atoms with van der Waals surface area (Å²) >= 11 is 0. The Morgan fingerprint density at radius 2 is 2.25 bits per heavy atom. The average Bonchev–Trinajstić information content (AvgIpc) is 2.25. The van der Waals surface area contributed by atoms with Crippen molar-refractivity contribution in [3.8, 4) is 0 Å². The molecule has 4 heteroatoms. The van der Waals surface area contributed by atoms with E-state index in [1.165, 1.54) is 12.3 Å². The van der Waals surface area contributed by atoms with Crippen molar-refractivity contribution in [2.45, 2.75) is 33.2 Å². The fraction of sp³-hybridized carbons (Fsp3) is 0.500. The molecule has 1 rings (SSSR count). The van der Waals surface area contributed by atoms with E-state index in [2.05, 4.69) is 4.98 Å². The average molecular weight is 224 g/mol. The molecule has 0 fully saturated rings. The van der Waals surface area contributed by atoms with Gasteiger partial charge in [-0.2, -0.15) is 4.39 Å². The Kier molecular flexibility index (Phi) is 4.40. The van der Waals surface area contributed by atoms with Crippen molar-refractivity contribution in [2.24, 2.45) is 0 Å². The number of carbonyl (C=O) groups excluding carboxylic acids is 1. The summed E-state index contributed by atoms with van der Waals surface area (Å²) in [7, 11) is 0. The van der Waals surface area contributed by atoms with Crippen LogP contribution in [0.25, 0.3) is 0 Å². The molecule has 0 aromatic carbocycles. The summed E-state index contributed by atoms with van der Waals surface area (Å²) in [6, 6.07) is 3.10. The van der Waals surface area contributed by atoms with Crippen molar-refractivity contribution < 1.29 is 9.18 Å². The number of halogens is 1. The molecule has 0 bridgehead atoms. The van der Waals surface area contributed by atoms with Gasteiger partial charge in [0.2, 0.25) is 5.95 Å². The molecule has 0 unspecified atom stereocenters. The minimum absolute atomic E-state index is 0.0460. The topological polar surface area (TPSA) is 33.2 Å². The van der Waals surface area contributed by atoms with E-state index in [9.17, 15) is 9.18 Å². The van der Waals surface area contributed by atoms with Gasteiger partial charge in [0.25, 0.3) is 5.91 Å². The number of carbonyl (C=O) groups is 1. The van der Waals surface area contributed by atoms with E-state index in [0.717, 1.165) is 6.42 Å². The maximum absolute atomic E-state index is 13.3. The summed E-state index contributed by atoms with van der Waals surface area (Å²) < 4.78 is 13.3. The van der Waals surface area contributed by atoms with Gasteiger partial charge in [0.05, 0.1) is 5.56 Å². The molecule has 16 heavy (non-hydrogen) atoms. The number of hydrogen-bond donors (Lipinski definition) is 0. The zero-order chi connectivity index (χ0) is 12.1. The van der Waals surface area contributed by atoms with Gasteiger partial charge in [0, 0.05) is 18.8 Å². The molecule has 88 valence electrons. The maximum Gasteiger partial charge on any atom is 0.258 e. The molecule has 1 heterocycles. The third kappa shape index (κ3) is 2.78. The molecule has 0 atom stereocenters. The molecule has 0 aliphatic rings. The van der Waals surface area contributed by atoms with Crippen LogP contribution in [0.2, 0.25) is 0 Å². The van der Waals surface area contributed by atoms with Crippen molar-refractivity contribution in [2.75, 3.05) is 6.54 Å². The van der Waals surface area contributed by atoms with Crippen LogP contribution < -0.4 is 0 Å². The number of nitrogens with zero attached hydrogens (tertiary/aromatic N) is 2. The third-order valence-electron chi connectivity index (χ3n) is 2.34. The SMILES string of the molecule is CCCN(C(=O)c1cccnc1F)C(C)C. The first kappa shape index (κ1) is 12.6. The molecule has 1 aromatic rings. The molecule has 0 aliphatic heterocycles. The minimum atomic E-state index is -0.700. The van der Waals surface area contributed by atoms with Gasteiger partial charge in [-0.3, -0.25) is 4.79 Å². The fourth-order valence-electron chi connectivity index (χ4n) is 1.54. The molecular formula is C12H17FN2O. The lowest BCUT2D eigenvalue weighted by molar-refractivity contribution is 0.0700. The Labute approximate surface area is 95.3 Å². The fourth-order valence-corrected chi connectivity index (χ4v) is 1.54. The molecule has 0 saturated heterocycles. The number of amides is 1. The number of rotatable bonds is 4. The van der Waals surface area contributed by atoms with Gasteiger partial charge in [0.1, 0.15) is 0 Å². The van der Waals surface area contributed by atoms with Gasteiger partial charge in [-0.25, -0.2) is 4.98 Å². The van der Waals surface area contributed by atoms with Crippen LogP contribution in [-0.4, -0.2) is 28.4 Å². The van der Waals surface area contributed by atoms with Crippen molar-refractivity contribution in [3.63, 3.8) is 0 Å². The lowest BCUT2D eigenvalue weighted by Crippen LogP contribution is -2.38. The summed E-state index contributed by atoms with van der Waals surface area (Å²) in [6.45, 7) is 6.46. The van der Waals surface area contributed by atoms with Gasteiger partial charge in [-0.15, -0.1) is 0 Å². The van der Waals surface area contributed by atoms with E-state index in [-0.39, 0.29) is 17.5 Å². The van der Waals surface area contributed by atoms with Gasteiger partial charge in [-0.05, 0) is 32.4 Å². The van der Waals surface area contributed by atoms with E-state index < -0.39 is 5.95 Å². The maximum atomic E-state index is 13.3. The summed E-state index contributed by atoms with van der Waals surface area (Å²) in [6.07, 6.45) is 2.19. The van der Waals surface area contributed by atoms with Crippen LogP contribution in [0.5, 0.6) is 0 Å².